The zero-order valence-electron chi connectivity index (χ0n) is 22.5. The Morgan fingerprint density at radius 1 is 0.923 bits per heavy atom. The highest BCUT2D eigenvalue weighted by atomic mass is 16.5. The predicted octanol–water partition coefficient (Wildman–Crippen LogP) is 5.72. The Labute approximate surface area is 228 Å². The van der Waals surface area contributed by atoms with E-state index in [2.05, 4.69) is 10.6 Å². The van der Waals surface area contributed by atoms with Gasteiger partial charge in [-0.05, 0) is 73.2 Å². The van der Waals surface area contributed by atoms with E-state index in [1.807, 2.05) is 56.3 Å². The summed E-state index contributed by atoms with van der Waals surface area (Å²) in [4.78, 5) is 27.6. The van der Waals surface area contributed by atoms with Gasteiger partial charge in [0.15, 0.2) is 17.3 Å². The molecule has 5 rings (SSSR count). The molecule has 2 aliphatic rings. The summed E-state index contributed by atoms with van der Waals surface area (Å²) in [6.45, 7) is 3.81. The van der Waals surface area contributed by atoms with Crippen molar-refractivity contribution in [2.75, 3.05) is 19.5 Å². The molecule has 0 radical (unpaired) electrons. The van der Waals surface area contributed by atoms with Crippen molar-refractivity contribution < 1.29 is 24.2 Å². The monoisotopic (exact) mass is 524 g/mol. The molecule has 0 bridgehead atoms. The number of benzene rings is 3. The number of aromatic hydroxyl groups is 1. The number of phenols is 1. The lowest BCUT2D eigenvalue weighted by atomic mass is 9.71. The van der Waals surface area contributed by atoms with Crippen LogP contribution in [-0.2, 0) is 9.59 Å². The van der Waals surface area contributed by atoms with Crippen LogP contribution in [0.1, 0.15) is 48.3 Å². The number of nitrogens with one attached hydrogen (secondary N) is 2. The molecule has 7 heteroatoms. The number of carbonyl (C=O) groups is 2. The number of rotatable bonds is 6. The molecule has 0 saturated carbocycles. The minimum Gasteiger partial charge on any atom is -0.508 e. The summed E-state index contributed by atoms with van der Waals surface area (Å²) in [5.74, 6) is 0.464. The van der Waals surface area contributed by atoms with Gasteiger partial charge < -0.3 is 25.2 Å². The summed E-state index contributed by atoms with van der Waals surface area (Å²) >= 11 is 0. The van der Waals surface area contributed by atoms with Crippen molar-refractivity contribution in [2.45, 2.75) is 38.5 Å². The molecule has 7 nitrogen and oxygen atoms in total. The molecule has 39 heavy (non-hydrogen) atoms. The Balaban J connectivity index is 1.55. The zero-order valence-corrected chi connectivity index (χ0v) is 22.5. The smallest absolute Gasteiger partial charge is 0.254 e. The molecule has 2 unspecified atom stereocenters. The lowest BCUT2D eigenvalue weighted by Gasteiger charge is -2.37. The van der Waals surface area contributed by atoms with Crippen molar-refractivity contribution in [1.82, 2.24) is 5.32 Å². The van der Waals surface area contributed by atoms with Crippen LogP contribution in [0.15, 0.2) is 89.3 Å². The third-order valence-corrected chi connectivity index (χ3v) is 7.57. The average molecular weight is 525 g/mol. The normalized spacial score (nSPS) is 18.8. The number of Topliss-reactive ketones (excluding diaryl/α,β-unsaturated/α-hetero) is 1. The van der Waals surface area contributed by atoms with Gasteiger partial charge in [-0.3, -0.25) is 9.59 Å². The van der Waals surface area contributed by atoms with Gasteiger partial charge in [-0.25, -0.2) is 0 Å². The first-order valence-electron chi connectivity index (χ1n) is 12.9. The molecule has 1 aliphatic carbocycles. The number of ether oxygens (including phenoxy) is 2. The highest BCUT2D eigenvalue weighted by Gasteiger charge is 2.41. The second-order valence-corrected chi connectivity index (χ2v) is 9.99. The van der Waals surface area contributed by atoms with Gasteiger partial charge in [0.1, 0.15) is 5.75 Å². The van der Waals surface area contributed by atoms with E-state index in [4.69, 9.17) is 9.47 Å². The molecule has 0 aromatic heterocycles. The van der Waals surface area contributed by atoms with Crippen molar-refractivity contribution in [3.8, 4) is 17.2 Å². The van der Waals surface area contributed by atoms with Gasteiger partial charge in [-0.15, -0.1) is 0 Å². The Morgan fingerprint density at radius 2 is 1.62 bits per heavy atom. The average Bonchev–Trinajstić information content (AvgIpc) is 2.93. The lowest BCUT2D eigenvalue weighted by molar-refractivity contribution is -0.116. The van der Waals surface area contributed by atoms with Crippen LogP contribution in [0.25, 0.3) is 0 Å². The molecule has 1 amide bonds. The topological polar surface area (TPSA) is 96.9 Å². The largest absolute Gasteiger partial charge is 0.508 e. The maximum atomic E-state index is 13.9. The van der Waals surface area contributed by atoms with Crippen molar-refractivity contribution in [3.05, 3.63) is 106 Å². The highest BCUT2D eigenvalue weighted by molar-refractivity contribution is 6.10. The number of methoxy groups -OCH3 is 2. The molecular formula is C32H32N2O5. The van der Waals surface area contributed by atoms with Gasteiger partial charge in [-0.2, -0.15) is 0 Å². The second kappa shape index (κ2) is 10.7. The van der Waals surface area contributed by atoms with Crippen LogP contribution in [0, 0.1) is 6.92 Å². The van der Waals surface area contributed by atoms with E-state index in [0.29, 0.717) is 41.2 Å². The number of amides is 1. The fourth-order valence-corrected chi connectivity index (χ4v) is 5.59. The van der Waals surface area contributed by atoms with E-state index >= 15 is 0 Å². The van der Waals surface area contributed by atoms with Crippen molar-refractivity contribution in [3.63, 3.8) is 0 Å². The number of aryl methyl sites for hydroxylation is 1. The highest BCUT2D eigenvalue weighted by Crippen LogP contribution is 2.46. The molecule has 1 aliphatic heterocycles. The number of carbonyl (C=O) groups excluding carboxylic acids is 2. The van der Waals surface area contributed by atoms with E-state index < -0.39 is 5.92 Å². The van der Waals surface area contributed by atoms with E-state index in [1.165, 1.54) is 0 Å². The molecule has 0 fully saturated rings. The molecule has 1 heterocycles. The molecule has 3 aromatic rings. The first-order valence-corrected chi connectivity index (χ1v) is 12.9. The predicted molar refractivity (Wildman–Crippen MR) is 150 cm³/mol. The van der Waals surface area contributed by atoms with Crippen LogP contribution in [0.2, 0.25) is 0 Å². The van der Waals surface area contributed by atoms with Gasteiger partial charge in [0, 0.05) is 40.6 Å². The van der Waals surface area contributed by atoms with Crippen LogP contribution in [0.5, 0.6) is 17.2 Å². The molecule has 0 spiro atoms. The van der Waals surface area contributed by atoms with Gasteiger partial charge in [-0.1, -0.05) is 36.4 Å². The van der Waals surface area contributed by atoms with E-state index in [0.717, 1.165) is 28.1 Å². The number of hydrogen-bond donors (Lipinski definition) is 3. The first kappa shape index (κ1) is 26.1. The lowest BCUT2D eigenvalue weighted by Crippen LogP contribution is -2.37. The fourth-order valence-electron chi connectivity index (χ4n) is 5.59. The summed E-state index contributed by atoms with van der Waals surface area (Å²) in [6, 6.07) is 20.1. The third-order valence-electron chi connectivity index (χ3n) is 7.57. The van der Waals surface area contributed by atoms with E-state index in [1.54, 1.807) is 38.5 Å². The molecule has 0 saturated heterocycles. The maximum absolute atomic E-state index is 13.9. The van der Waals surface area contributed by atoms with Crippen LogP contribution in [-0.4, -0.2) is 31.0 Å². The van der Waals surface area contributed by atoms with Crippen molar-refractivity contribution >= 4 is 17.4 Å². The quantitative estimate of drug-likeness (QED) is 0.382. The van der Waals surface area contributed by atoms with Gasteiger partial charge >= 0.3 is 0 Å². The summed E-state index contributed by atoms with van der Waals surface area (Å²) in [7, 11) is 3.19. The van der Waals surface area contributed by atoms with Crippen LogP contribution >= 0.6 is 0 Å². The standard InChI is InChI=1S/C32H32N2O5/c1-18-7-5-6-8-24(18)34-32(37)29-19(2)33-25-15-22(21-11-14-27(38-3)28(17-21)39-4)16-26(36)31(25)30(29)20-9-12-23(35)13-10-20/h5-14,17,22,30,33,35H,15-16H2,1-4H3,(H,34,37). The Bertz CT molecular complexity index is 1500. The van der Waals surface area contributed by atoms with Crippen molar-refractivity contribution in [1.29, 1.82) is 0 Å². The molecule has 2 atom stereocenters. The molecule has 3 N–H and O–H groups in total. The van der Waals surface area contributed by atoms with E-state index in [-0.39, 0.29) is 23.4 Å². The van der Waals surface area contributed by atoms with Gasteiger partial charge in [0.2, 0.25) is 0 Å². The number of allylic oxidation sites excluding steroid dienone is 3. The second-order valence-electron chi connectivity index (χ2n) is 9.99. The Morgan fingerprint density at radius 3 is 2.31 bits per heavy atom. The van der Waals surface area contributed by atoms with Crippen LogP contribution in [0.3, 0.4) is 0 Å². The number of para-hydroxylation sites is 1. The van der Waals surface area contributed by atoms with Crippen LogP contribution < -0.4 is 20.1 Å². The van der Waals surface area contributed by atoms with Crippen LogP contribution in [0.4, 0.5) is 5.69 Å². The summed E-state index contributed by atoms with van der Waals surface area (Å²) < 4.78 is 10.9. The molecule has 3 aromatic carbocycles. The fraction of sp³-hybridized carbons (Fsp3) is 0.250. The zero-order chi connectivity index (χ0) is 27.7. The van der Waals surface area contributed by atoms with Gasteiger partial charge in [0.25, 0.3) is 5.91 Å². The minimum absolute atomic E-state index is 0.0182. The summed E-state index contributed by atoms with van der Waals surface area (Å²) in [5, 5.41) is 16.4. The number of anilines is 1. The number of hydrogen-bond acceptors (Lipinski definition) is 6. The molecule has 200 valence electrons. The number of phenolic OH excluding ortho intramolecular Hbond substituents is 1. The Kier molecular flexibility index (Phi) is 7.15. The van der Waals surface area contributed by atoms with E-state index in [9.17, 15) is 14.7 Å². The Hall–Kier alpha value is -4.52. The summed E-state index contributed by atoms with van der Waals surface area (Å²) in [5.41, 5.74) is 6.01. The third kappa shape index (κ3) is 5.00. The first-order chi connectivity index (χ1) is 18.8. The summed E-state index contributed by atoms with van der Waals surface area (Å²) in [6.07, 6.45) is 0.908. The molecular weight excluding hydrogens is 492 g/mol. The number of ketones is 1. The maximum Gasteiger partial charge on any atom is 0.254 e. The SMILES string of the molecule is COc1ccc(C2CC(=O)C3=C(C2)NC(C)=C(C(=O)Nc2ccccc2C)C3c2ccc(O)cc2)cc1OC. The minimum atomic E-state index is -0.565. The number of dihydropyridines is 1. The van der Waals surface area contributed by atoms with Crippen molar-refractivity contribution in [2.24, 2.45) is 0 Å². The van der Waals surface area contributed by atoms with Gasteiger partial charge in [0.05, 0.1) is 14.2 Å².